The third kappa shape index (κ3) is 3.86. The zero-order valence-corrected chi connectivity index (χ0v) is 12.7. The van der Waals surface area contributed by atoms with E-state index in [1.165, 1.54) is 51.4 Å². The molecule has 0 aliphatic heterocycles. The second kappa shape index (κ2) is 6.03. The van der Waals surface area contributed by atoms with Crippen LogP contribution >= 0.6 is 22.6 Å². The van der Waals surface area contributed by atoms with Gasteiger partial charge < -0.3 is 5.73 Å². The van der Waals surface area contributed by atoms with Gasteiger partial charge in [-0.05, 0) is 49.9 Å². The van der Waals surface area contributed by atoms with Gasteiger partial charge in [0.25, 0.3) is 0 Å². The third-order valence-corrected chi connectivity index (χ3v) is 5.51. The maximum Gasteiger partial charge on any atom is 0.0127 e. The van der Waals surface area contributed by atoms with Crippen molar-refractivity contribution in [3.05, 3.63) is 0 Å². The Kier molecular flexibility index (Phi) is 4.95. The summed E-state index contributed by atoms with van der Waals surface area (Å²) in [5, 5.41) is 0. The maximum absolute atomic E-state index is 6.14. The normalized spacial score (nSPS) is 45.6. The molecule has 2 saturated carbocycles. The van der Waals surface area contributed by atoms with Gasteiger partial charge in [-0.2, -0.15) is 0 Å². The van der Waals surface area contributed by atoms with Crippen molar-refractivity contribution in [2.24, 2.45) is 23.5 Å². The number of halogens is 1. The minimum atomic E-state index is 0.488. The van der Waals surface area contributed by atoms with E-state index in [1.807, 2.05) is 0 Å². The van der Waals surface area contributed by atoms with Crippen LogP contribution in [0.15, 0.2) is 0 Å². The molecule has 16 heavy (non-hydrogen) atoms. The fourth-order valence-electron chi connectivity index (χ4n) is 3.84. The molecule has 2 rings (SSSR count). The molecular weight excluding hydrogens is 309 g/mol. The lowest BCUT2D eigenvalue weighted by Crippen LogP contribution is -2.34. The topological polar surface area (TPSA) is 26.0 Å². The van der Waals surface area contributed by atoms with Crippen LogP contribution in [0.25, 0.3) is 0 Å². The minimum absolute atomic E-state index is 0.488. The van der Waals surface area contributed by atoms with Gasteiger partial charge in [0.05, 0.1) is 0 Å². The zero-order chi connectivity index (χ0) is 11.5. The van der Waals surface area contributed by atoms with Gasteiger partial charge in [0.15, 0.2) is 0 Å². The molecule has 0 heterocycles. The summed E-state index contributed by atoms with van der Waals surface area (Å²) in [4.78, 5) is 0. The highest BCUT2D eigenvalue weighted by molar-refractivity contribution is 14.1. The van der Waals surface area contributed by atoms with E-state index < -0.39 is 0 Å². The predicted molar refractivity (Wildman–Crippen MR) is 78.9 cm³/mol. The molecule has 5 unspecified atom stereocenters. The van der Waals surface area contributed by atoms with Crippen molar-refractivity contribution in [2.45, 2.75) is 68.3 Å². The highest BCUT2D eigenvalue weighted by atomic mass is 127. The first-order valence-electron chi connectivity index (χ1n) is 7.03. The Hall–Kier alpha value is 0.690. The number of hydrogen-bond acceptors (Lipinski definition) is 1. The molecule has 0 radical (unpaired) electrons. The van der Waals surface area contributed by atoms with E-state index >= 15 is 0 Å². The molecule has 0 bridgehead atoms. The summed E-state index contributed by atoms with van der Waals surface area (Å²) in [6.07, 6.45) is 11.4. The van der Waals surface area contributed by atoms with E-state index in [1.54, 1.807) is 0 Å². The molecule has 0 amide bonds. The Morgan fingerprint density at radius 1 is 1.06 bits per heavy atom. The van der Waals surface area contributed by atoms with E-state index in [0.717, 1.165) is 21.7 Å². The van der Waals surface area contributed by atoms with Crippen molar-refractivity contribution in [2.75, 3.05) is 0 Å². The van der Waals surface area contributed by atoms with Crippen LogP contribution in [0.2, 0.25) is 0 Å². The number of rotatable bonds is 2. The molecule has 0 aromatic rings. The van der Waals surface area contributed by atoms with Crippen molar-refractivity contribution >= 4 is 22.6 Å². The molecule has 1 nitrogen and oxygen atoms in total. The van der Waals surface area contributed by atoms with Gasteiger partial charge in [-0.1, -0.05) is 48.8 Å². The molecule has 5 atom stereocenters. The van der Waals surface area contributed by atoms with Gasteiger partial charge in [0.1, 0.15) is 0 Å². The maximum atomic E-state index is 6.14. The number of alkyl halides is 1. The fourth-order valence-corrected chi connectivity index (χ4v) is 5.22. The highest BCUT2D eigenvalue weighted by Gasteiger charge is 2.28. The lowest BCUT2D eigenvalue weighted by Gasteiger charge is -2.35. The van der Waals surface area contributed by atoms with Gasteiger partial charge in [-0.15, -0.1) is 0 Å². The van der Waals surface area contributed by atoms with Crippen LogP contribution in [0.5, 0.6) is 0 Å². The fraction of sp³-hybridized carbons (Fsp3) is 1.00. The summed E-state index contributed by atoms with van der Waals surface area (Å²) >= 11 is 2.61. The van der Waals surface area contributed by atoms with Gasteiger partial charge >= 0.3 is 0 Å². The van der Waals surface area contributed by atoms with E-state index in [-0.39, 0.29) is 0 Å². The monoisotopic (exact) mass is 335 g/mol. The molecule has 2 N–H and O–H groups in total. The second-order valence-corrected chi connectivity index (χ2v) is 8.07. The Balaban J connectivity index is 1.79. The van der Waals surface area contributed by atoms with Crippen molar-refractivity contribution in [1.29, 1.82) is 0 Å². The van der Waals surface area contributed by atoms with E-state index in [4.69, 9.17) is 5.73 Å². The largest absolute Gasteiger partial charge is 0.328 e. The molecular formula is C14H26IN. The first-order chi connectivity index (χ1) is 7.63. The molecule has 0 spiro atoms. The third-order valence-electron chi connectivity index (χ3n) is 4.50. The van der Waals surface area contributed by atoms with E-state index in [2.05, 4.69) is 29.5 Å². The van der Waals surface area contributed by atoms with Crippen molar-refractivity contribution < 1.29 is 0 Å². The smallest absolute Gasteiger partial charge is 0.0127 e. The summed E-state index contributed by atoms with van der Waals surface area (Å²) in [5.74, 6) is 2.93. The summed E-state index contributed by atoms with van der Waals surface area (Å²) in [5.41, 5.74) is 6.14. The standard InChI is InChI=1S/C14H26IN/c1-10-3-2-4-11(5-10)6-12-7-13(15)9-14(16)8-12/h10-14H,2-9,16H2,1H3. The Morgan fingerprint density at radius 3 is 2.56 bits per heavy atom. The average Bonchev–Trinajstić information content (AvgIpc) is 2.15. The first-order valence-corrected chi connectivity index (χ1v) is 8.27. The SMILES string of the molecule is CC1CCCC(CC2CC(N)CC(I)C2)C1. The summed E-state index contributed by atoms with van der Waals surface area (Å²) < 4.78 is 0.840. The van der Waals surface area contributed by atoms with Gasteiger partial charge in [0, 0.05) is 9.97 Å². The quantitative estimate of drug-likeness (QED) is 0.596. The van der Waals surface area contributed by atoms with Gasteiger partial charge in [-0.25, -0.2) is 0 Å². The minimum Gasteiger partial charge on any atom is -0.328 e. The van der Waals surface area contributed by atoms with E-state index in [0.29, 0.717) is 6.04 Å². The molecule has 2 aliphatic carbocycles. The molecule has 2 heteroatoms. The second-order valence-electron chi connectivity index (χ2n) is 6.30. The first kappa shape index (κ1) is 13.1. The predicted octanol–water partition coefficient (Wildman–Crippen LogP) is 4.13. The molecule has 0 aromatic carbocycles. The zero-order valence-electron chi connectivity index (χ0n) is 10.5. The van der Waals surface area contributed by atoms with Gasteiger partial charge in [0.2, 0.25) is 0 Å². The number of nitrogens with two attached hydrogens (primary N) is 1. The lowest BCUT2D eigenvalue weighted by molar-refractivity contribution is 0.208. The lowest BCUT2D eigenvalue weighted by atomic mass is 9.74. The summed E-state index contributed by atoms with van der Waals surface area (Å²) in [7, 11) is 0. The number of hydrogen-bond donors (Lipinski definition) is 1. The highest BCUT2D eigenvalue weighted by Crippen LogP contribution is 2.38. The van der Waals surface area contributed by atoms with Crippen molar-refractivity contribution in [3.8, 4) is 0 Å². The average molecular weight is 335 g/mol. The van der Waals surface area contributed by atoms with Gasteiger partial charge in [-0.3, -0.25) is 0 Å². The van der Waals surface area contributed by atoms with E-state index in [9.17, 15) is 0 Å². The van der Waals surface area contributed by atoms with Crippen LogP contribution in [-0.4, -0.2) is 9.97 Å². The summed E-state index contributed by atoms with van der Waals surface area (Å²) in [6, 6.07) is 0.488. The van der Waals surface area contributed by atoms with Crippen LogP contribution in [0.3, 0.4) is 0 Å². The Bertz CT molecular complexity index is 209. The molecule has 0 saturated heterocycles. The molecule has 94 valence electrons. The van der Waals surface area contributed by atoms with Crippen LogP contribution in [-0.2, 0) is 0 Å². The Labute approximate surface area is 114 Å². The molecule has 2 fully saturated rings. The van der Waals surface area contributed by atoms with Crippen molar-refractivity contribution in [3.63, 3.8) is 0 Å². The molecule has 2 aliphatic rings. The molecule has 0 aromatic heterocycles. The van der Waals surface area contributed by atoms with Crippen LogP contribution in [0, 0.1) is 17.8 Å². The summed E-state index contributed by atoms with van der Waals surface area (Å²) in [6.45, 7) is 2.43. The van der Waals surface area contributed by atoms with Crippen LogP contribution < -0.4 is 5.73 Å². The van der Waals surface area contributed by atoms with Crippen molar-refractivity contribution in [1.82, 2.24) is 0 Å². The van der Waals surface area contributed by atoms with Crippen LogP contribution in [0.1, 0.15) is 58.3 Å². The Morgan fingerprint density at radius 2 is 1.88 bits per heavy atom. The van der Waals surface area contributed by atoms with Crippen LogP contribution in [0.4, 0.5) is 0 Å².